The van der Waals surface area contributed by atoms with E-state index in [1.807, 2.05) is 12.1 Å². The predicted octanol–water partition coefficient (Wildman–Crippen LogP) is 18.5. The van der Waals surface area contributed by atoms with E-state index in [-0.39, 0.29) is 0 Å². The lowest BCUT2D eigenvalue weighted by Crippen LogP contribution is -2.09. The quantitative estimate of drug-likeness (QED) is 0.144. The summed E-state index contributed by atoms with van der Waals surface area (Å²) in [6.07, 6.45) is 0. The average Bonchev–Trinajstić information content (AvgIpc) is 3.98. The van der Waals surface area contributed by atoms with Crippen molar-refractivity contribution in [2.75, 3.05) is 4.90 Å². The normalized spacial score (nSPS) is 11.5. The number of fused-ring (bicyclic) bond motifs is 6. The standard InChI is InChI=1S/C66H44N2O/c1-2-13-45(14-3-1)46-25-27-47(28-26-46)49-33-39-53(40-34-49)67(54-41-35-50(36-42-54)48-29-31-52(32-30-48)57-19-12-20-61-60-18-7-11-24-65(60)69-66(57)61)55-43-37-51(38-44-55)56-15-4-8-21-62(56)68-63-22-9-5-16-58(63)59-17-6-10-23-64(59)68/h1-44H. The Balaban J connectivity index is 0.850. The van der Waals surface area contributed by atoms with Gasteiger partial charge >= 0.3 is 0 Å². The van der Waals surface area contributed by atoms with Gasteiger partial charge in [-0.25, -0.2) is 0 Å². The second-order valence-electron chi connectivity index (χ2n) is 17.7. The summed E-state index contributed by atoms with van der Waals surface area (Å²) in [5.74, 6) is 0. The molecule has 0 saturated heterocycles. The fourth-order valence-electron chi connectivity index (χ4n) is 10.2. The summed E-state index contributed by atoms with van der Waals surface area (Å²) in [4.78, 5) is 2.35. The zero-order valence-corrected chi connectivity index (χ0v) is 37.7. The number of nitrogens with zero attached hydrogens (tertiary/aromatic N) is 2. The third kappa shape index (κ3) is 7.16. The van der Waals surface area contributed by atoms with Crippen LogP contribution in [-0.2, 0) is 0 Å². The lowest BCUT2D eigenvalue weighted by molar-refractivity contribution is 0.670. The molecular weight excluding hydrogens is 837 g/mol. The first-order valence-corrected chi connectivity index (χ1v) is 23.6. The highest BCUT2D eigenvalue weighted by molar-refractivity contribution is 6.10. The molecule has 69 heavy (non-hydrogen) atoms. The SMILES string of the molecule is c1ccc(-c2ccc(-c3ccc(N(c4ccc(-c5ccc(-c6cccc7c6oc6ccccc67)cc5)cc4)c4ccc(-c5ccccc5-n5c6ccccc6c6ccccc65)cc4)cc3)cc2)cc1. The molecule has 0 aliphatic carbocycles. The van der Waals surface area contributed by atoms with Gasteiger partial charge in [0.05, 0.1) is 16.7 Å². The molecule has 13 aromatic rings. The first-order valence-electron chi connectivity index (χ1n) is 23.6. The molecule has 0 aliphatic heterocycles. The molecule has 0 bridgehead atoms. The van der Waals surface area contributed by atoms with Gasteiger partial charge in [0.2, 0.25) is 0 Å². The van der Waals surface area contributed by atoms with E-state index < -0.39 is 0 Å². The maximum absolute atomic E-state index is 6.38. The topological polar surface area (TPSA) is 21.3 Å². The molecule has 3 nitrogen and oxygen atoms in total. The van der Waals surface area contributed by atoms with Crippen LogP contribution in [0.25, 0.3) is 105 Å². The van der Waals surface area contributed by atoms with Gasteiger partial charge in [0.15, 0.2) is 0 Å². The van der Waals surface area contributed by atoms with Crippen LogP contribution in [0.2, 0.25) is 0 Å². The number of anilines is 3. The van der Waals surface area contributed by atoms with Gasteiger partial charge in [-0.3, -0.25) is 0 Å². The Morgan fingerprint density at radius 1 is 0.261 bits per heavy atom. The zero-order valence-electron chi connectivity index (χ0n) is 37.7. The van der Waals surface area contributed by atoms with Crippen LogP contribution in [0.5, 0.6) is 0 Å². The van der Waals surface area contributed by atoms with Gasteiger partial charge in [-0.05, 0) is 105 Å². The minimum atomic E-state index is 0.909. The van der Waals surface area contributed by atoms with E-state index in [4.69, 9.17) is 4.42 Å². The molecule has 0 unspecified atom stereocenters. The van der Waals surface area contributed by atoms with Crippen molar-refractivity contribution in [2.24, 2.45) is 0 Å². The Morgan fingerprint density at radius 2 is 0.638 bits per heavy atom. The van der Waals surface area contributed by atoms with Gasteiger partial charge in [-0.15, -0.1) is 0 Å². The smallest absolute Gasteiger partial charge is 0.143 e. The highest BCUT2D eigenvalue weighted by atomic mass is 16.3. The van der Waals surface area contributed by atoms with Crippen molar-refractivity contribution in [2.45, 2.75) is 0 Å². The molecule has 13 rings (SSSR count). The molecule has 0 atom stereocenters. The van der Waals surface area contributed by atoms with Crippen molar-refractivity contribution >= 4 is 60.8 Å². The largest absolute Gasteiger partial charge is 0.455 e. The lowest BCUT2D eigenvalue weighted by atomic mass is 9.98. The lowest BCUT2D eigenvalue weighted by Gasteiger charge is -2.26. The van der Waals surface area contributed by atoms with E-state index >= 15 is 0 Å². The van der Waals surface area contributed by atoms with Crippen LogP contribution in [0.1, 0.15) is 0 Å². The summed E-state index contributed by atoms with van der Waals surface area (Å²) >= 11 is 0. The summed E-state index contributed by atoms with van der Waals surface area (Å²) in [5.41, 5.74) is 20.3. The molecule has 2 heterocycles. The average molecular weight is 881 g/mol. The molecule has 11 aromatic carbocycles. The molecular formula is C66H44N2O. The maximum Gasteiger partial charge on any atom is 0.143 e. The number of furan rings is 1. The van der Waals surface area contributed by atoms with Crippen molar-refractivity contribution < 1.29 is 4.42 Å². The fraction of sp³-hybridized carbons (Fsp3) is 0. The molecule has 0 spiro atoms. The number of benzene rings is 11. The summed E-state index contributed by atoms with van der Waals surface area (Å²) < 4.78 is 8.79. The molecule has 2 aromatic heterocycles. The van der Waals surface area contributed by atoms with Crippen molar-refractivity contribution in [3.05, 3.63) is 267 Å². The summed E-state index contributed by atoms with van der Waals surface area (Å²) in [5, 5.41) is 4.79. The molecule has 324 valence electrons. The highest BCUT2D eigenvalue weighted by Crippen LogP contribution is 2.41. The Morgan fingerprint density at radius 3 is 1.20 bits per heavy atom. The summed E-state index contributed by atoms with van der Waals surface area (Å²) in [6.45, 7) is 0. The van der Waals surface area contributed by atoms with Crippen LogP contribution in [0.15, 0.2) is 271 Å². The Kier molecular flexibility index (Phi) is 9.84. The van der Waals surface area contributed by atoms with Crippen molar-refractivity contribution in [3.63, 3.8) is 0 Å². The van der Waals surface area contributed by atoms with E-state index in [9.17, 15) is 0 Å². The number of aromatic nitrogens is 1. The number of hydrogen-bond donors (Lipinski definition) is 0. The summed E-state index contributed by atoms with van der Waals surface area (Å²) in [6, 6.07) is 96.0. The van der Waals surface area contributed by atoms with Gasteiger partial charge in [0.1, 0.15) is 11.2 Å². The van der Waals surface area contributed by atoms with Gasteiger partial charge < -0.3 is 13.9 Å². The molecule has 0 aliphatic rings. The molecule has 0 N–H and O–H groups in total. The Labute approximate surface area is 401 Å². The van der Waals surface area contributed by atoms with E-state index in [0.717, 1.165) is 72.5 Å². The first kappa shape index (κ1) is 40.1. The minimum Gasteiger partial charge on any atom is -0.455 e. The van der Waals surface area contributed by atoms with Crippen LogP contribution in [0.4, 0.5) is 17.1 Å². The molecule has 0 saturated carbocycles. The van der Waals surface area contributed by atoms with Crippen molar-refractivity contribution in [3.8, 4) is 61.3 Å². The van der Waals surface area contributed by atoms with Crippen LogP contribution in [0, 0.1) is 0 Å². The van der Waals surface area contributed by atoms with E-state index in [2.05, 4.69) is 264 Å². The predicted molar refractivity (Wildman–Crippen MR) is 290 cm³/mol. The monoisotopic (exact) mass is 880 g/mol. The highest BCUT2D eigenvalue weighted by Gasteiger charge is 2.18. The second-order valence-corrected chi connectivity index (χ2v) is 17.7. The minimum absolute atomic E-state index is 0.909. The van der Waals surface area contributed by atoms with Crippen LogP contribution in [0.3, 0.4) is 0 Å². The van der Waals surface area contributed by atoms with Gasteiger partial charge in [-0.1, -0.05) is 206 Å². The van der Waals surface area contributed by atoms with Crippen LogP contribution < -0.4 is 4.90 Å². The Bertz CT molecular complexity index is 3910. The first-order chi connectivity index (χ1) is 34.2. The Hall–Kier alpha value is -9.18. The second kappa shape index (κ2) is 16.9. The third-order valence-corrected chi connectivity index (χ3v) is 13.7. The van der Waals surface area contributed by atoms with Crippen LogP contribution >= 0.6 is 0 Å². The molecule has 3 heteroatoms. The van der Waals surface area contributed by atoms with Crippen molar-refractivity contribution in [1.29, 1.82) is 0 Å². The third-order valence-electron chi connectivity index (χ3n) is 13.7. The van der Waals surface area contributed by atoms with E-state index in [1.165, 1.54) is 49.6 Å². The van der Waals surface area contributed by atoms with Crippen molar-refractivity contribution in [1.82, 2.24) is 4.57 Å². The van der Waals surface area contributed by atoms with Gasteiger partial charge in [0.25, 0.3) is 0 Å². The van der Waals surface area contributed by atoms with Gasteiger partial charge in [0, 0.05) is 49.7 Å². The number of para-hydroxylation sites is 5. The summed E-state index contributed by atoms with van der Waals surface area (Å²) in [7, 11) is 0. The number of hydrogen-bond acceptors (Lipinski definition) is 2. The zero-order chi connectivity index (χ0) is 45.7. The number of rotatable bonds is 9. The van der Waals surface area contributed by atoms with Crippen LogP contribution in [-0.4, -0.2) is 4.57 Å². The molecule has 0 amide bonds. The van der Waals surface area contributed by atoms with Gasteiger partial charge in [-0.2, -0.15) is 0 Å². The maximum atomic E-state index is 6.38. The fourth-order valence-corrected chi connectivity index (χ4v) is 10.2. The van der Waals surface area contributed by atoms with E-state index in [0.29, 0.717) is 0 Å². The molecule has 0 fully saturated rings. The molecule has 0 radical (unpaired) electrons. The van der Waals surface area contributed by atoms with E-state index in [1.54, 1.807) is 0 Å².